The number of methoxy groups -OCH3 is 1. The number of amides is 2. The summed E-state index contributed by atoms with van der Waals surface area (Å²) in [7, 11) is 1.47. The van der Waals surface area contributed by atoms with Gasteiger partial charge in [0.1, 0.15) is 6.04 Å². The molecule has 0 fully saturated rings. The molecule has 0 saturated heterocycles. The van der Waals surface area contributed by atoms with Gasteiger partial charge in [-0.2, -0.15) is 0 Å². The molecule has 178 valence electrons. The number of carbonyl (C=O) groups is 2. The summed E-state index contributed by atoms with van der Waals surface area (Å²) in [6.07, 6.45) is 0.119. The number of azide groups is 1. The first-order valence-electron chi connectivity index (χ1n) is 10.4. The molecule has 1 aromatic rings. The third-order valence-electron chi connectivity index (χ3n) is 4.19. The molecule has 0 aliphatic carbocycles. The summed E-state index contributed by atoms with van der Waals surface area (Å²) in [5, 5.41) is 8.83. The van der Waals surface area contributed by atoms with Crippen LogP contribution in [0.25, 0.3) is 10.4 Å². The average Bonchev–Trinajstić information content (AvgIpc) is 2.79. The monoisotopic (exact) mass is 451 g/mol. The Hall–Kier alpha value is -2.69. The van der Waals surface area contributed by atoms with E-state index in [1.807, 2.05) is 31.2 Å². The molecular formula is C21H33N5O6. The quantitative estimate of drug-likeness (QED) is 0.150. The van der Waals surface area contributed by atoms with Gasteiger partial charge in [0, 0.05) is 31.5 Å². The summed E-state index contributed by atoms with van der Waals surface area (Å²) < 4.78 is 20.9. The molecule has 11 heteroatoms. The molecule has 0 spiro atoms. The van der Waals surface area contributed by atoms with Crippen LogP contribution < -0.4 is 10.6 Å². The lowest BCUT2D eigenvalue weighted by atomic mass is 10.1. The first-order chi connectivity index (χ1) is 15.6. The summed E-state index contributed by atoms with van der Waals surface area (Å²) in [4.78, 5) is 27.1. The molecule has 0 unspecified atom stereocenters. The molecule has 1 rings (SSSR count). The second-order valence-corrected chi connectivity index (χ2v) is 6.82. The first kappa shape index (κ1) is 27.3. The van der Waals surface area contributed by atoms with Crippen molar-refractivity contribution in [1.82, 2.24) is 10.6 Å². The van der Waals surface area contributed by atoms with Gasteiger partial charge in [-0.25, -0.2) is 0 Å². The van der Waals surface area contributed by atoms with E-state index in [9.17, 15) is 9.59 Å². The van der Waals surface area contributed by atoms with Crippen LogP contribution in [-0.4, -0.2) is 77.8 Å². The van der Waals surface area contributed by atoms with Gasteiger partial charge in [-0.3, -0.25) is 9.59 Å². The number of ether oxygens (including phenoxy) is 4. The largest absolute Gasteiger partial charge is 0.382 e. The predicted molar refractivity (Wildman–Crippen MR) is 118 cm³/mol. The van der Waals surface area contributed by atoms with E-state index in [-0.39, 0.29) is 31.4 Å². The van der Waals surface area contributed by atoms with Gasteiger partial charge in [-0.15, -0.1) is 0 Å². The van der Waals surface area contributed by atoms with E-state index in [1.165, 1.54) is 7.11 Å². The Balaban J connectivity index is 2.14. The third kappa shape index (κ3) is 13.6. The predicted octanol–water partition coefficient (Wildman–Crippen LogP) is 1.49. The molecule has 1 atom stereocenters. The van der Waals surface area contributed by atoms with Crippen LogP contribution in [0.3, 0.4) is 0 Å². The highest BCUT2D eigenvalue weighted by Crippen LogP contribution is 2.02. The fourth-order valence-electron chi connectivity index (χ4n) is 2.49. The zero-order chi connectivity index (χ0) is 23.4. The van der Waals surface area contributed by atoms with Crippen molar-refractivity contribution in [1.29, 1.82) is 0 Å². The maximum atomic E-state index is 12.4. The summed E-state index contributed by atoms with van der Waals surface area (Å²) >= 11 is 0. The number of aryl methyl sites for hydroxylation is 1. The Labute approximate surface area is 188 Å². The van der Waals surface area contributed by atoms with Crippen LogP contribution in [0.15, 0.2) is 29.4 Å². The molecular weight excluding hydrogens is 418 g/mol. The van der Waals surface area contributed by atoms with E-state index >= 15 is 0 Å². The average molecular weight is 452 g/mol. The summed E-state index contributed by atoms with van der Waals surface area (Å²) in [6, 6.07) is 7.06. The van der Waals surface area contributed by atoms with Crippen molar-refractivity contribution < 1.29 is 28.5 Å². The minimum absolute atomic E-state index is 0.0745. The van der Waals surface area contributed by atoms with Crippen molar-refractivity contribution in [3.05, 3.63) is 45.8 Å². The van der Waals surface area contributed by atoms with Crippen molar-refractivity contribution in [2.45, 2.75) is 25.9 Å². The second kappa shape index (κ2) is 17.9. The van der Waals surface area contributed by atoms with Crippen LogP contribution in [0.5, 0.6) is 0 Å². The van der Waals surface area contributed by atoms with Crippen molar-refractivity contribution >= 4 is 11.8 Å². The molecule has 32 heavy (non-hydrogen) atoms. The second-order valence-electron chi connectivity index (χ2n) is 6.82. The molecule has 0 heterocycles. The third-order valence-corrected chi connectivity index (χ3v) is 4.19. The van der Waals surface area contributed by atoms with E-state index < -0.39 is 6.04 Å². The number of nitrogens with zero attached hydrogens (tertiary/aromatic N) is 3. The van der Waals surface area contributed by atoms with E-state index in [0.717, 1.165) is 11.1 Å². The van der Waals surface area contributed by atoms with E-state index in [2.05, 4.69) is 20.7 Å². The minimum atomic E-state index is -0.778. The molecule has 0 aliphatic rings. The van der Waals surface area contributed by atoms with Crippen LogP contribution in [0.1, 0.15) is 17.5 Å². The summed E-state index contributed by atoms with van der Waals surface area (Å²) in [6.45, 7) is 4.81. The van der Waals surface area contributed by atoms with Gasteiger partial charge in [0.2, 0.25) is 11.8 Å². The smallest absolute Gasteiger partial charge is 0.245 e. The summed E-state index contributed by atoms with van der Waals surface area (Å²) in [5.41, 5.74) is 10.2. The standard InChI is InChI=1S/C21H33N5O6/c1-17-3-5-18(6-4-17)15-23-21(28)19(16-29-2)25-20(27)7-9-30-11-13-32-14-12-31-10-8-24-26-22/h3-6,19H,7-16H2,1-2H3,(H,23,28)(H,25,27)/t19-/m0/s1. The highest BCUT2D eigenvalue weighted by Gasteiger charge is 2.20. The lowest BCUT2D eigenvalue weighted by Crippen LogP contribution is -2.49. The van der Waals surface area contributed by atoms with Crippen LogP contribution in [0.2, 0.25) is 0 Å². The van der Waals surface area contributed by atoms with Gasteiger partial charge in [0.05, 0.1) is 46.2 Å². The van der Waals surface area contributed by atoms with E-state index in [0.29, 0.717) is 46.1 Å². The van der Waals surface area contributed by atoms with E-state index in [1.54, 1.807) is 0 Å². The van der Waals surface area contributed by atoms with Crippen molar-refractivity contribution in [3.63, 3.8) is 0 Å². The van der Waals surface area contributed by atoms with Gasteiger partial charge < -0.3 is 29.6 Å². The zero-order valence-corrected chi connectivity index (χ0v) is 18.7. The highest BCUT2D eigenvalue weighted by atomic mass is 16.5. The molecule has 0 radical (unpaired) electrons. The highest BCUT2D eigenvalue weighted by molar-refractivity contribution is 5.87. The maximum Gasteiger partial charge on any atom is 0.245 e. The van der Waals surface area contributed by atoms with Crippen LogP contribution in [0.4, 0.5) is 0 Å². The van der Waals surface area contributed by atoms with Crippen molar-refractivity contribution in [2.24, 2.45) is 5.11 Å². The van der Waals surface area contributed by atoms with Gasteiger partial charge >= 0.3 is 0 Å². The zero-order valence-electron chi connectivity index (χ0n) is 18.7. The molecule has 0 aromatic heterocycles. The lowest BCUT2D eigenvalue weighted by molar-refractivity contribution is -0.131. The fourth-order valence-corrected chi connectivity index (χ4v) is 2.49. The SMILES string of the molecule is COC[C@H](NC(=O)CCOCCOCCOCCN=[N+]=[N-])C(=O)NCc1ccc(C)cc1. The molecule has 0 saturated carbocycles. The number of benzene rings is 1. The minimum Gasteiger partial charge on any atom is -0.382 e. The van der Waals surface area contributed by atoms with Gasteiger partial charge in [-0.1, -0.05) is 34.9 Å². The Kier molecular flexibility index (Phi) is 15.3. The van der Waals surface area contributed by atoms with Crippen LogP contribution in [0, 0.1) is 6.92 Å². The molecule has 0 aliphatic heterocycles. The molecule has 0 bridgehead atoms. The lowest BCUT2D eigenvalue weighted by Gasteiger charge is -2.18. The van der Waals surface area contributed by atoms with Crippen LogP contribution >= 0.6 is 0 Å². The number of rotatable bonds is 18. The topological polar surface area (TPSA) is 144 Å². The Morgan fingerprint density at radius 2 is 1.66 bits per heavy atom. The first-order valence-corrected chi connectivity index (χ1v) is 10.4. The molecule has 2 N–H and O–H groups in total. The van der Waals surface area contributed by atoms with Gasteiger partial charge in [0.25, 0.3) is 0 Å². The summed E-state index contributed by atoms with van der Waals surface area (Å²) in [5.74, 6) is -0.608. The van der Waals surface area contributed by atoms with Crippen LogP contribution in [-0.2, 0) is 35.1 Å². The van der Waals surface area contributed by atoms with Crippen molar-refractivity contribution in [2.75, 3.05) is 59.9 Å². The fraction of sp³-hybridized carbons (Fsp3) is 0.619. The molecule has 1 aromatic carbocycles. The molecule has 2 amide bonds. The van der Waals surface area contributed by atoms with Gasteiger partial charge in [-0.05, 0) is 18.0 Å². The number of nitrogens with one attached hydrogen (secondary N) is 2. The number of carbonyl (C=O) groups excluding carboxylic acids is 2. The Bertz CT molecular complexity index is 709. The van der Waals surface area contributed by atoms with Gasteiger partial charge in [0.15, 0.2) is 0 Å². The van der Waals surface area contributed by atoms with E-state index in [4.69, 9.17) is 24.5 Å². The number of hydrogen-bond acceptors (Lipinski definition) is 7. The number of hydrogen-bond donors (Lipinski definition) is 2. The Morgan fingerprint density at radius 3 is 2.28 bits per heavy atom. The van der Waals surface area contributed by atoms with Crippen molar-refractivity contribution in [3.8, 4) is 0 Å². The molecule has 11 nitrogen and oxygen atoms in total. The normalized spacial score (nSPS) is 11.4. The maximum absolute atomic E-state index is 12.4. The Morgan fingerprint density at radius 1 is 1.03 bits per heavy atom.